The number of piperidine rings is 1. The normalized spacial score (nSPS) is 15.9. The van der Waals surface area contributed by atoms with E-state index in [9.17, 15) is 9.59 Å². The molecule has 1 aliphatic rings. The lowest BCUT2D eigenvalue weighted by atomic mass is 9.90. The summed E-state index contributed by atoms with van der Waals surface area (Å²) < 4.78 is 0. The number of pyridine rings is 1. The van der Waals surface area contributed by atoms with Crippen LogP contribution >= 0.6 is 0 Å². The zero-order chi connectivity index (χ0) is 14.7. The number of nitrogens with one attached hydrogen (secondary N) is 1. The quantitative estimate of drug-likeness (QED) is 0.898. The number of aromatic nitrogens is 3. The highest BCUT2D eigenvalue weighted by Crippen LogP contribution is 2.27. The van der Waals surface area contributed by atoms with Gasteiger partial charge in [-0.25, -0.2) is 0 Å². The van der Waals surface area contributed by atoms with Crippen molar-refractivity contribution < 1.29 is 4.79 Å². The van der Waals surface area contributed by atoms with Crippen LogP contribution in [0.3, 0.4) is 0 Å². The lowest BCUT2D eigenvalue weighted by Crippen LogP contribution is -2.38. The standard InChI is InChI=1S/C15H16N4O2/c20-14-10-17-9-13(18-14)15(21)19-7-3-12(4-8-19)11-1-5-16-6-2-11/h1-2,5-6,9-10,12H,3-4,7-8H2,(H,18,20). The first-order chi connectivity index (χ1) is 10.2. The summed E-state index contributed by atoms with van der Waals surface area (Å²) in [6.07, 6.45) is 7.99. The SMILES string of the molecule is O=C(c1cncc(=O)[nH]1)N1CCC(c2ccncc2)CC1. The van der Waals surface area contributed by atoms with Gasteiger partial charge in [-0.3, -0.25) is 19.6 Å². The lowest BCUT2D eigenvalue weighted by molar-refractivity contribution is 0.0706. The van der Waals surface area contributed by atoms with E-state index in [2.05, 4.69) is 15.0 Å². The molecule has 0 radical (unpaired) electrons. The summed E-state index contributed by atoms with van der Waals surface area (Å²) in [5.74, 6) is 0.304. The fraction of sp³-hybridized carbons (Fsp3) is 0.333. The first kappa shape index (κ1) is 13.5. The topological polar surface area (TPSA) is 79.0 Å². The van der Waals surface area contributed by atoms with Crippen molar-refractivity contribution in [1.82, 2.24) is 19.9 Å². The zero-order valence-electron chi connectivity index (χ0n) is 11.5. The number of amides is 1. The maximum absolute atomic E-state index is 12.3. The van der Waals surface area contributed by atoms with Crippen molar-refractivity contribution in [1.29, 1.82) is 0 Å². The Labute approximate surface area is 121 Å². The summed E-state index contributed by atoms with van der Waals surface area (Å²) in [7, 11) is 0. The number of rotatable bonds is 2. The molecule has 1 saturated heterocycles. The van der Waals surface area contributed by atoms with Gasteiger partial charge in [0.2, 0.25) is 0 Å². The average molecular weight is 284 g/mol. The van der Waals surface area contributed by atoms with E-state index in [1.807, 2.05) is 12.1 Å². The van der Waals surface area contributed by atoms with E-state index in [4.69, 9.17) is 0 Å². The van der Waals surface area contributed by atoms with Crippen LogP contribution in [0.5, 0.6) is 0 Å². The van der Waals surface area contributed by atoms with E-state index < -0.39 is 0 Å². The van der Waals surface area contributed by atoms with Crippen LogP contribution in [0.4, 0.5) is 0 Å². The number of hydrogen-bond donors (Lipinski definition) is 1. The predicted octanol–water partition coefficient (Wildman–Crippen LogP) is 1.18. The van der Waals surface area contributed by atoms with Gasteiger partial charge in [0, 0.05) is 25.5 Å². The van der Waals surface area contributed by atoms with Crippen LogP contribution in [-0.4, -0.2) is 38.8 Å². The van der Waals surface area contributed by atoms with Crippen molar-refractivity contribution in [2.24, 2.45) is 0 Å². The number of H-pyrrole nitrogens is 1. The molecule has 0 spiro atoms. The number of carbonyl (C=O) groups excluding carboxylic acids is 1. The number of likely N-dealkylation sites (tertiary alicyclic amines) is 1. The summed E-state index contributed by atoms with van der Waals surface area (Å²) in [4.78, 5) is 35.6. The van der Waals surface area contributed by atoms with E-state index in [1.165, 1.54) is 11.8 Å². The third-order valence-corrected chi connectivity index (χ3v) is 3.84. The van der Waals surface area contributed by atoms with Gasteiger partial charge in [-0.05, 0) is 36.5 Å². The lowest BCUT2D eigenvalue weighted by Gasteiger charge is -2.32. The molecule has 0 saturated carbocycles. The van der Waals surface area contributed by atoms with E-state index in [1.54, 1.807) is 17.3 Å². The smallest absolute Gasteiger partial charge is 0.271 e. The van der Waals surface area contributed by atoms with Crippen LogP contribution in [0.2, 0.25) is 0 Å². The van der Waals surface area contributed by atoms with E-state index in [0.29, 0.717) is 19.0 Å². The molecule has 0 aliphatic carbocycles. The highest BCUT2D eigenvalue weighted by atomic mass is 16.2. The molecule has 3 rings (SSSR count). The molecule has 6 heteroatoms. The zero-order valence-corrected chi connectivity index (χ0v) is 11.5. The van der Waals surface area contributed by atoms with Crippen molar-refractivity contribution in [3.05, 3.63) is 58.5 Å². The van der Waals surface area contributed by atoms with Gasteiger partial charge in [0.25, 0.3) is 11.5 Å². The molecule has 0 aromatic carbocycles. The fourth-order valence-corrected chi connectivity index (χ4v) is 2.71. The van der Waals surface area contributed by atoms with Crippen molar-refractivity contribution in [2.75, 3.05) is 13.1 Å². The molecule has 0 bridgehead atoms. The monoisotopic (exact) mass is 284 g/mol. The Hall–Kier alpha value is -2.50. The summed E-state index contributed by atoms with van der Waals surface area (Å²) in [5, 5.41) is 0. The fourth-order valence-electron chi connectivity index (χ4n) is 2.71. The molecule has 1 N–H and O–H groups in total. The molecular formula is C15H16N4O2. The van der Waals surface area contributed by atoms with Crippen LogP contribution in [-0.2, 0) is 0 Å². The van der Waals surface area contributed by atoms with Crippen LogP contribution in [0.25, 0.3) is 0 Å². The van der Waals surface area contributed by atoms with Crippen molar-refractivity contribution in [2.45, 2.75) is 18.8 Å². The van der Waals surface area contributed by atoms with Crippen LogP contribution in [0.15, 0.2) is 41.7 Å². The molecule has 2 aromatic rings. The summed E-state index contributed by atoms with van der Waals surface area (Å²) >= 11 is 0. The molecule has 6 nitrogen and oxygen atoms in total. The summed E-state index contributed by atoms with van der Waals surface area (Å²) in [6, 6.07) is 4.06. The van der Waals surface area contributed by atoms with Gasteiger partial charge < -0.3 is 9.88 Å². The number of carbonyl (C=O) groups is 1. The molecule has 1 fully saturated rings. The molecule has 21 heavy (non-hydrogen) atoms. The Balaban J connectivity index is 1.66. The third kappa shape index (κ3) is 2.99. The second-order valence-corrected chi connectivity index (χ2v) is 5.16. The van der Waals surface area contributed by atoms with E-state index in [0.717, 1.165) is 19.0 Å². The van der Waals surface area contributed by atoms with E-state index >= 15 is 0 Å². The van der Waals surface area contributed by atoms with Gasteiger partial charge in [-0.15, -0.1) is 0 Å². The van der Waals surface area contributed by atoms with Crippen molar-refractivity contribution >= 4 is 5.91 Å². The maximum Gasteiger partial charge on any atom is 0.271 e. The third-order valence-electron chi connectivity index (χ3n) is 3.84. The molecule has 2 aromatic heterocycles. The minimum Gasteiger partial charge on any atom is -0.337 e. The summed E-state index contributed by atoms with van der Waals surface area (Å²) in [6.45, 7) is 1.37. The first-order valence-electron chi connectivity index (χ1n) is 6.97. The van der Waals surface area contributed by atoms with Gasteiger partial charge in [-0.2, -0.15) is 0 Å². The van der Waals surface area contributed by atoms with Crippen molar-refractivity contribution in [3.8, 4) is 0 Å². The molecule has 108 valence electrons. The molecule has 3 heterocycles. The molecule has 0 unspecified atom stereocenters. The number of nitrogens with zero attached hydrogens (tertiary/aromatic N) is 3. The Morgan fingerprint density at radius 1 is 1.14 bits per heavy atom. The summed E-state index contributed by atoms with van der Waals surface area (Å²) in [5.41, 5.74) is 1.17. The van der Waals surface area contributed by atoms with Crippen LogP contribution < -0.4 is 5.56 Å². The van der Waals surface area contributed by atoms with Crippen LogP contribution in [0, 0.1) is 0 Å². The van der Waals surface area contributed by atoms with E-state index in [-0.39, 0.29) is 17.2 Å². The highest BCUT2D eigenvalue weighted by molar-refractivity contribution is 5.92. The Morgan fingerprint density at radius 2 is 1.86 bits per heavy atom. The Morgan fingerprint density at radius 3 is 2.52 bits per heavy atom. The second-order valence-electron chi connectivity index (χ2n) is 5.16. The molecular weight excluding hydrogens is 268 g/mol. The Kier molecular flexibility index (Phi) is 3.77. The molecule has 1 aliphatic heterocycles. The minimum absolute atomic E-state index is 0.159. The van der Waals surface area contributed by atoms with Gasteiger partial charge in [-0.1, -0.05) is 0 Å². The average Bonchev–Trinajstić information content (AvgIpc) is 2.55. The largest absolute Gasteiger partial charge is 0.337 e. The molecule has 1 amide bonds. The molecule has 0 atom stereocenters. The first-order valence-corrected chi connectivity index (χ1v) is 6.97. The second kappa shape index (κ2) is 5.87. The number of hydrogen-bond acceptors (Lipinski definition) is 4. The minimum atomic E-state index is -0.354. The van der Waals surface area contributed by atoms with Gasteiger partial charge in [0.15, 0.2) is 0 Å². The predicted molar refractivity (Wildman–Crippen MR) is 77.0 cm³/mol. The van der Waals surface area contributed by atoms with Gasteiger partial charge >= 0.3 is 0 Å². The van der Waals surface area contributed by atoms with Gasteiger partial charge in [0.1, 0.15) is 5.69 Å². The van der Waals surface area contributed by atoms with Crippen LogP contribution in [0.1, 0.15) is 34.8 Å². The van der Waals surface area contributed by atoms with Gasteiger partial charge in [0.05, 0.1) is 12.4 Å². The number of aromatic amines is 1. The Bertz CT molecular complexity index is 675. The maximum atomic E-state index is 12.3. The van der Waals surface area contributed by atoms with Crippen molar-refractivity contribution in [3.63, 3.8) is 0 Å². The highest BCUT2D eigenvalue weighted by Gasteiger charge is 2.25.